The normalized spacial score (nSPS) is 11.6. The summed E-state index contributed by atoms with van der Waals surface area (Å²) in [6.45, 7) is 0.209. The van der Waals surface area contributed by atoms with Crippen molar-refractivity contribution < 1.29 is 17.2 Å². The van der Waals surface area contributed by atoms with Gasteiger partial charge in [0.25, 0.3) is 0 Å². The topological polar surface area (TPSA) is 111 Å². The van der Waals surface area contributed by atoms with Gasteiger partial charge in [-0.05, 0) is 54.6 Å². The summed E-state index contributed by atoms with van der Waals surface area (Å²) in [5.74, 6) is 0.855. The number of nitrogens with one attached hydrogen (secondary N) is 1. The number of benzene rings is 3. The van der Waals surface area contributed by atoms with E-state index in [0.29, 0.717) is 33.9 Å². The zero-order valence-electron chi connectivity index (χ0n) is 17.8. The minimum Gasteiger partial charge on any atom is -0.460 e. The van der Waals surface area contributed by atoms with Crippen LogP contribution in [-0.2, 0) is 16.4 Å². The molecule has 0 aliphatic carbocycles. The van der Waals surface area contributed by atoms with E-state index in [4.69, 9.17) is 10.2 Å². The Hall–Kier alpha value is -4.08. The fourth-order valence-electron chi connectivity index (χ4n) is 3.59. The van der Waals surface area contributed by atoms with E-state index in [2.05, 4.69) is 15.3 Å². The standard InChI is InChI=1S/C25H19FN4O3S/c26-22-13-23-21(12-20(22)24-11-8-17(14-27)33-24)25(29-15-28-23)30-16-6-9-19(10-7-16)34(31,32)18-4-2-1-3-5-18/h1-13,15H,14,27H2,(H,28,29,30). The molecule has 9 heteroatoms. The molecule has 34 heavy (non-hydrogen) atoms. The molecule has 2 heterocycles. The number of rotatable bonds is 6. The Labute approximate surface area is 195 Å². The molecular formula is C25H19FN4O3S. The van der Waals surface area contributed by atoms with Crippen molar-refractivity contribution in [2.45, 2.75) is 16.3 Å². The van der Waals surface area contributed by atoms with Crippen LogP contribution >= 0.6 is 0 Å². The molecule has 3 N–H and O–H groups in total. The molecule has 0 aliphatic rings. The van der Waals surface area contributed by atoms with Gasteiger partial charge >= 0.3 is 0 Å². The molecule has 2 aromatic heterocycles. The second-order valence-corrected chi connectivity index (χ2v) is 9.46. The fourth-order valence-corrected chi connectivity index (χ4v) is 4.87. The van der Waals surface area contributed by atoms with Crippen LogP contribution in [0.2, 0.25) is 0 Å². The quantitative estimate of drug-likeness (QED) is 0.354. The van der Waals surface area contributed by atoms with Crippen LogP contribution < -0.4 is 11.1 Å². The predicted molar refractivity (Wildman–Crippen MR) is 127 cm³/mol. The second kappa shape index (κ2) is 8.69. The zero-order valence-corrected chi connectivity index (χ0v) is 18.6. The maximum atomic E-state index is 14.7. The van der Waals surface area contributed by atoms with Crippen LogP contribution in [0.4, 0.5) is 15.9 Å². The van der Waals surface area contributed by atoms with E-state index in [-0.39, 0.29) is 21.9 Å². The molecule has 0 fully saturated rings. The SMILES string of the molecule is NCc1ccc(-c2cc3c(Nc4ccc(S(=O)(=O)c5ccccc5)cc4)ncnc3cc2F)o1. The molecule has 0 atom stereocenters. The van der Waals surface area contributed by atoms with E-state index in [1.165, 1.54) is 24.5 Å². The lowest BCUT2D eigenvalue weighted by Crippen LogP contribution is -2.02. The molecule has 0 bridgehead atoms. The number of halogens is 1. The van der Waals surface area contributed by atoms with Crippen molar-refractivity contribution in [3.8, 4) is 11.3 Å². The molecule has 170 valence electrons. The third kappa shape index (κ3) is 4.02. The third-order valence-electron chi connectivity index (χ3n) is 5.33. The molecular weight excluding hydrogens is 455 g/mol. The van der Waals surface area contributed by atoms with Crippen molar-refractivity contribution in [1.82, 2.24) is 9.97 Å². The van der Waals surface area contributed by atoms with Gasteiger partial charge in [0.15, 0.2) is 0 Å². The van der Waals surface area contributed by atoms with Crippen molar-refractivity contribution in [2.24, 2.45) is 5.73 Å². The van der Waals surface area contributed by atoms with Gasteiger partial charge in [-0.15, -0.1) is 0 Å². The lowest BCUT2D eigenvalue weighted by molar-refractivity contribution is 0.520. The first-order chi connectivity index (χ1) is 16.5. The lowest BCUT2D eigenvalue weighted by Gasteiger charge is -2.11. The Bertz CT molecular complexity index is 1580. The van der Waals surface area contributed by atoms with E-state index in [1.807, 2.05) is 0 Å². The maximum Gasteiger partial charge on any atom is 0.206 e. The highest BCUT2D eigenvalue weighted by molar-refractivity contribution is 7.91. The van der Waals surface area contributed by atoms with Crippen molar-refractivity contribution in [2.75, 3.05) is 5.32 Å². The van der Waals surface area contributed by atoms with E-state index in [0.717, 1.165) is 0 Å². The second-order valence-electron chi connectivity index (χ2n) is 7.51. The van der Waals surface area contributed by atoms with Gasteiger partial charge in [-0.3, -0.25) is 0 Å². The number of sulfone groups is 1. The van der Waals surface area contributed by atoms with Crippen LogP contribution in [0, 0.1) is 5.82 Å². The number of fused-ring (bicyclic) bond motifs is 1. The number of furan rings is 1. The number of anilines is 2. The Kier molecular flexibility index (Phi) is 5.56. The highest BCUT2D eigenvalue weighted by Gasteiger charge is 2.18. The summed E-state index contributed by atoms with van der Waals surface area (Å²) in [6.07, 6.45) is 1.33. The highest BCUT2D eigenvalue weighted by Crippen LogP contribution is 2.32. The van der Waals surface area contributed by atoms with Gasteiger partial charge < -0.3 is 15.5 Å². The molecule has 0 aliphatic heterocycles. The van der Waals surface area contributed by atoms with Crippen molar-refractivity contribution >= 4 is 32.2 Å². The average Bonchev–Trinajstić information content (AvgIpc) is 3.34. The minimum absolute atomic E-state index is 0.176. The molecule has 0 saturated carbocycles. The van der Waals surface area contributed by atoms with Crippen LogP contribution in [0.25, 0.3) is 22.2 Å². The molecule has 0 unspecified atom stereocenters. The molecule has 5 rings (SSSR count). The summed E-state index contributed by atoms with van der Waals surface area (Å²) >= 11 is 0. The predicted octanol–water partition coefficient (Wildman–Crippen LogP) is 5.06. The molecule has 3 aromatic carbocycles. The van der Waals surface area contributed by atoms with Crippen LogP contribution in [0.1, 0.15) is 5.76 Å². The van der Waals surface area contributed by atoms with E-state index in [1.54, 1.807) is 60.7 Å². The van der Waals surface area contributed by atoms with Gasteiger partial charge in [-0.1, -0.05) is 18.2 Å². The van der Waals surface area contributed by atoms with E-state index >= 15 is 0 Å². The summed E-state index contributed by atoms with van der Waals surface area (Å²) < 4.78 is 46.0. The highest BCUT2D eigenvalue weighted by atomic mass is 32.2. The van der Waals surface area contributed by atoms with Gasteiger partial charge in [0.2, 0.25) is 9.84 Å². The van der Waals surface area contributed by atoms with Crippen molar-refractivity contribution in [1.29, 1.82) is 0 Å². The van der Waals surface area contributed by atoms with Crippen LogP contribution in [0.5, 0.6) is 0 Å². The number of nitrogens with zero attached hydrogens (tertiary/aromatic N) is 2. The minimum atomic E-state index is -3.62. The Morgan fingerprint density at radius 1 is 0.912 bits per heavy atom. The fraction of sp³-hybridized carbons (Fsp3) is 0.0400. The van der Waals surface area contributed by atoms with Gasteiger partial charge in [0, 0.05) is 17.1 Å². The van der Waals surface area contributed by atoms with Gasteiger partial charge in [-0.25, -0.2) is 22.8 Å². The number of aromatic nitrogens is 2. The monoisotopic (exact) mass is 474 g/mol. The maximum absolute atomic E-state index is 14.7. The molecule has 5 aromatic rings. The Morgan fingerprint density at radius 2 is 1.65 bits per heavy atom. The van der Waals surface area contributed by atoms with Crippen molar-refractivity contribution in [3.05, 3.63) is 96.8 Å². The summed E-state index contributed by atoms with van der Waals surface area (Å²) in [4.78, 5) is 8.85. The van der Waals surface area contributed by atoms with Gasteiger partial charge in [0.05, 0.1) is 27.4 Å². The lowest BCUT2D eigenvalue weighted by atomic mass is 10.1. The molecule has 0 saturated heterocycles. The summed E-state index contributed by atoms with van der Waals surface area (Å²) in [6, 6.07) is 20.9. The van der Waals surface area contributed by atoms with Crippen molar-refractivity contribution in [3.63, 3.8) is 0 Å². The zero-order chi connectivity index (χ0) is 23.7. The van der Waals surface area contributed by atoms with Crippen LogP contribution in [0.3, 0.4) is 0 Å². The first-order valence-corrected chi connectivity index (χ1v) is 11.8. The number of hydrogen-bond acceptors (Lipinski definition) is 7. The largest absolute Gasteiger partial charge is 0.460 e. The third-order valence-corrected chi connectivity index (χ3v) is 7.12. The van der Waals surface area contributed by atoms with Crippen LogP contribution in [0.15, 0.2) is 99.4 Å². The smallest absolute Gasteiger partial charge is 0.206 e. The van der Waals surface area contributed by atoms with E-state index < -0.39 is 15.7 Å². The summed E-state index contributed by atoms with van der Waals surface area (Å²) in [5, 5.41) is 3.74. The van der Waals surface area contributed by atoms with Crippen LogP contribution in [-0.4, -0.2) is 18.4 Å². The summed E-state index contributed by atoms with van der Waals surface area (Å²) in [7, 11) is -3.62. The summed E-state index contributed by atoms with van der Waals surface area (Å²) in [5.41, 5.74) is 6.88. The first-order valence-electron chi connectivity index (χ1n) is 10.4. The molecule has 7 nitrogen and oxygen atoms in total. The number of hydrogen-bond donors (Lipinski definition) is 2. The van der Waals surface area contributed by atoms with Gasteiger partial charge in [-0.2, -0.15) is 0 Å². The molecule has 0 amide bonds. The number of nitrogens with two attached hydrogens (primary N) is 1. The van der Waals surface area contributed by atoms with Gasteiger partial charge in [0.1, 0.15) is 29.5 Å². The first kappa shape index (κ1) is 21.7. The average molecular weight is 475 g/mol. The molecule has 0 spiro atoms. The molecule has 0 radical (unpaired) electrons. The van der Waals surface area contributed by atoms with E-state index in [9.17, 15) is 12.8 Å². The Balaban J connectivity index is 1.48. The Morgan fingerprint density at radius 3 is 2.35 bits per heavy atom.